The summed E-state index contributed by atoms with van der Waals surface area (Å²) in [5, 5.41) is 16.5. The number of carbonyl (C=O) groups is 1. The summed E-state index contributed by atoms with van der Waals surface area (Å²) in [6.45, 7) is 5.93. The standard InChI is InChI=1S/C21H21N5O2S/c1-13-7-6-8-14(2)20(13)26-21(23-24-25-26)29-12-19(27)22-15(3)18-11-16-9-4-5-10-17(16)28-18/h4-11,15H,12H2,1-3H3,(H,22,27)/t15-/m0/s1. The van der Waals surface area contributed by atoms with E-state index in [2.05, 4.69) is 20.8 Å². The molecule has 0 aliphatic heterocycles. The molecule has 0 bridgehead atoms. The van der Waals surface area contributed by atoms with Crippen LogP contribution < -0.4 is 5.32 Å². The molecule has 8 heteroatoms. The Labute approximate surface area is 172 Å². The van der Waals surface area contributed by atoms with Crippen LogP contribution in [-0.4, -0.2) is 31.9 Å². The van der Waals surface area contributed by atoms with Gasteiger partial charge in [0.2, 0.25) is 11.1 Å². The van der Waals surface area contributed by atoms with Crippen LogP contribution in [-0.2, 0) is 4.79 Å². The van der Waals surface area contributed by atoms with Crippen molar-refractivity contribution < 1.29 is 9.21 Å². The molecule has 29 heavy (non-hydrogen) atoms. The number of tetrazole rings is 1. The van der Waals surface area contributed by atoms with E-state index in [1.165, 1.54) is 11.8 Å². The second-order valence-corrected chi connectivity index (χ2v) is 7.82. The number of aromatic nitrogens is 4. The average molecular weight is 407 g/mol. The molecule has 0 aliphatic rings. The number of aryl methyl sites for hydroxylation is 2. The molecule has 2 aromatic heterocycles. The van der Waals surface area contributed by atoms with Gasteiger partial charge in [-0.25, -0.2) is 0 Å². The summed E-state index contributed by atoms with van der Waals surface area (Å²) < 4.78 is 7.51. The third kappa shape index (κ3) is 4.02. The van der Waals surface area contributed by atoms with Crippen LogP contribution >= 0.6 is 11.8 Å². The molecule has 0 spiro atoms. The molecule has 7 nitrogen and oxygen atoms in total. The molecular weight excluding hydrogens is 386 g/mol. The Bertz CT molecular complexity index is 1110. The first-order valence-corrected chi connectivity index (χ1v) is 10.3. The number of thioether (sulfide) groups is 1. The first kappa shape index (κ1) is 19.2. The van der Waals surface area contributed by atoms with Gasteiger partial charge in [-0.05, 0) is 54.5 Å². The number of para-hydroxylation sites is 2. The van der Waals surface area contributed by atoms with E-state index in [1.54, 1.807) is 4.68 Å². The summed E-state index contributed by atoms with van der Waals surface area (Å²) in [5.41, 5.74) is 3.89. The average Bonchev–Trinajstić information content (AvgIpc) is 3.33. The minimum atomic E-state index is -0.231. The maximum absolute atomic E-state index is 12.5. The summed E-state index contributed by atoms with van der Waals surface area (Å²) in [4.78, 5) is 12.5. The maximum atomic E-state index is 12.5. The zero-order valence-corrected chi connectivity index (χ0v) is 17.2. The van der Waals surface area contributed by atoms with Crippen molar-refractivity contribution in [2.45, 2.75) is 32.0 Å². The molecule has 4 aromatic rings. The lowest BCUT2D eigenvalue weighted by Gasteiger charge is -2.12. The second kappa shape index (κ2) is 8.08. The van der Waals surface area contributed by atoms with E-state index in [0.29, 0.717) is 5.16 Å². The van der Waals surface area contributed by atoms with Crippen LogP contribution in [0.1, 0.15) is 29.9 Å². The van der Waals surface area contributed by atoms with Gasteiger partial charge in [0.1, 0.15) is 11.3 Å². The van der Waals surface area contributed by atoms with Crippen LogP contribution in [0.3, 0.4) is 0 Å². The number of fused-ring (bicyclic) bond motifs is 1. The van der Waals surface area contributed by atoms with Crippen molar-refractivity contribution in [3.8, 4) is 5.69 Å². The highest BCUT2D eigenvalue weighted by atomic mass is 32.2. The summed E-state index contributed by atoms with van der Waals surface area (Å²) in [6, 6.07) is 15.5. The first-order valence-electron chi connectivity index (χ1n) is 9.28. The van der Waals surface area contributed by atoms with Crippen molar-refractivity contribution >= 4 is 28.6 Å². The number of furan rings is 1. The lowest BCUT2D eigenvalue weighted by molar-refractivity contribution is -0.119. The van der Waals surface area contributed by atoms with Gasteiger partial charge < -0.3 is 9.73 Å². The van der Waals surface area contributed by atoms with Crippen LogP contribution in [0.4, 0.5) is 0 Å². The van der Waals surface area contributed by atoms with Gasteiger partial charge in [-0.1, -0.05) is 48.2 Å². The largest absolute Gasteiger partial charge is 0.459 e. The SMILES string of the molecule is Cc1cccc(C)c1-n1nnnc1SCC(=O)N[C@@H](C)c1cc2ccccc2o1. The minimum absolute atomic E-state index is 0.112. The van der Waals surface area contributed by atoms with Crippen LogP contribution in [0, 0.1) is 13.8 Å². The van der Waals surface area contributed by atoms with E-state index in [0.717, 1.165) is 33.5 Å². The molecule has 1 amide bonds. The fraction of sp³-hybridized carbons (Fsp3) is 0.238. The van der Waals surface area contributed by atoms with Gasteiger partial charge in [0.25, 0.3) is 0 Å². The molecule has 0 radical (unpaired) electrons. The molecule has 0 unspecified atom stereocenters. The quantitative estimate of drug-likeness (QED) is 0.486. The Morgan fingerprint density at radius 1 is 1.17 bits per heavy atom. The molecule has 4 rings (SSSR count). The van der Waals surface area contributed by atoms with E-state index in [4.69, 9.17) is 4.42 Å². The van der Waals surface area contributed by atoms with Gasteiger partial charge in [0.05, 0.1) is 17.5 Å². The van der Waals surface area contributed by atoms with Crippen molar-refractivity contribution in [3.63, 3.8) is 0 Å². The number of hydrogen-bond acceptors (Lipinski definition) is 6. The summed E-state index contributed by atoms with van der Waals surface area (Å²) >= 11 is 1.30. The van der Waals surface area contributed by atoms with Crippen molar-refractivity contribution in [1.82, 2.24) is 25.5 Å². The third-order valence-electron chi connectivity index (χ3n) is 4.67. The molecule has 0 saturated carbocycles. The number of rotatable bonds is 6. The highest BCUT2D eigenvalue weighted by Crippen LogP contribution is 2.25. The fourth-order valence-electron chi connectivity index (χ4n) is 3.25. The molecule has 0 fully saturated rings. The molecule has 0 aliphatic carbocycles. The third-order valence-corrected chi connectivity index (χ3v) is 5.59. The first-order chi connectivity index (χ1) is 14.0. The van der Waals surface area contributed by atoms with E-state index in [9.17, 15) is 4.79 Å². The van der Waals surface area contributed by atoms with E-state index >= 15 is 0 Å². The number of amides is 1. The van der Waals surface area contributed by atoms with Crippen LogP contribution in [0.5, 0.6) is 0 Å². The predicted molar refractivity (Wildman–Crippen MR) is 112 cm³/mol. The lowest BCUT2D eigenvalue weighted by Crippen LogP contribution is -2.28. The van der Waals surface area contributed by atoms with Crippen LogP contribution in [0.15, 0.2) is 58.1 Å². The molecule has 148 valence electrons. The van der Waals surface area contributed by atoms with Crippen LogP contribution in [0.25, 0.3) is 16.7 Å². The normalized spacial score (nSPS) is 12.2. The van der Waals surface area contributed by atoms with Gasteiger partial charge in [-0.2, -0.15) is 4.68 Å². The van der Waals surface area contributed by atoms with Gasteiger partial charge in [0, 0.05) is 5.39 Å². The number of benzene rings is 2. The topological polar surface area (TPSA) is 85.8 Å². The Morgan fingerprint density at radius 3 is 2.69 bits per heavy atom. The lowest BCUT2D eigenvalue weighted by atomic mass is 10.1. The molecule has 1 N–H and O–H groups in total. The molecule has 0 saturated heterocycles. The highest BCUT2D eigenvalue weighted by Gasteiger charge is 2.17. The Balaban J connectivity index is 1.42. The number of nitrogens with zero attached hydrogens (tertiary/aromatic N) is 4. The van der Waals surface area contributed by atoms with Gasteiger partial charge >= 0.3 is 0 Å². The van der Waals surface area contributed by atoms with Crippen molar-refractivity contribution in [3.05, 3.63) is 65.4 Å². The molecular formula is C21H21N5O2S. The Hall–Kier alpha value is -3.13. The Morgan fingerprint density at radius 2 is 1.93 bits per heavy atom. The second-order valence-electron chi connectivity index (χ2n) is 6.88. The van der Waals surface area contributed by atoms with Crippen LogP contribution in [0.2, 0.25) is 0 Å². The van der Waals surface area contributed by atoms with Crippen molar-refractivity contribution in [2.75, 3.05) is 5.75 Å². The zero-order chi connectivity index (χ0) is 20.4. The van der Waals surface area contributed by atoms with Crippen molar-refractivity contribution in [1.29, 1.82) is 0 Å². The van der Waals surface area contributed by atoms with Gasteiger partial charge in [-0.15, -0.1) is 5.10 Å². The van der Waals surface area contributed by atoms with Gasteiger partial charge in [0.15, 0.2) is 0 Å². The van der Waals surface area contributed by atoms with E-state index in [-0.39, 0.29) is 17.7 Å². The summed E-state index contributed by atoms with van der Waals surface area (Å²) in [5.74, 6) is 0.819. The van der Waals surface area contributed by atoms with Gasteiger partial charge in [-0.3, -0.25) is 4.79 Å². The zero-order valence-electron chi connectivity index (χ0n) is 16.4. The minimum Gasteiger partial charge on any atom is -0.459 e. The van der Waals surface area contributed by atoms with E-state index < -0.39 is 0 Å². The number of hydrogen-bond donors (Lipinski definition) is 1. The Kier molecular flexibility index (Phi) is 5.35. The molecule has 1 atom stereocenters. The summed E-state index contributed by atoms with van der Waals surface area (Å²) in [6.07, 6.45) is 0. The molecule has 2 heterocycles. The number of carbonyl (C=O) groups excluding carboxylic acids is 1. The fourth-order valence-corrected chi connectivity index (χ4v) is 3.94. The monoisotopic (exact) mass is 407 g/mol. The van der Waals surface area contributed by atoms with Crippen molar-refractivity contribution in [2.24, 2.45) is 0 Å². The smallest absolute Gasteiger partial charge is 0.231 e. The summed E-state index contributed by atoms with van der Waals surface area (Å²) in [7, 11) is 0. The molecule has 2 aromatic carbocycles. The number of nitrogens with one attached hydrogen (secondary N) is 1. The van der Waals surface area contributed by atoms with E-state index in [1.807, 2.05) is 69.3 Å². The maximum Gasteiger partial charge on any atom is 0.231 e. The predicted octanol–water partition coefficient (Wildman–Crippen LogP) is 3.99. The highest BCUT2D eigenvalue weighted by molar-refractivity contribution is 7.99.